The van der Waals surface area contributed by atoms with Crippen LogP contribution >= 0.6 is 11.3 Å². The zero-order chi connectivity index (χ0) is 14.1. The van der Waals surface area contributed by atoms with Crippen LogP contribution in [0.1, 0.15) is 26.2 Å². The first-order chi connectivity index (χ1) is 9.70. The number of piperidine rings is 1. The lowest BCUT2D eigenvalue weighted by atomic mass is 9.89. The fraction of sp³-hybridized carbons (Fsp3) is 0.500. The number of nitrogens with zero attached hydrogens (tertiary/aromatic N) is 3. The molecule has 1 fully saturated rings. The van der Waals surface area contributed by atoms with Crippen LogP contribution in [-0.4, -0.2) is 33.6 Å². The van der Waals surface area contributed by atoms with Crippen LogP contribution in [0.3, 0.4) is 0 Å². The first-order valence-electron chi connectivity index (χ1n) is 6.88. The van der Waals surface area contributed by atoms with Gasteiger partial charge in [0.15, 0.2) is 5.82 Å². The maximum Gasteiger partial charge on any atom is 0.326 e. The second-order valence-corrected chi connectivity index (χ2v) is 6.09. The van der Waals surface area contributed by atoms with E-state index in [9.17, 15) is 9.90 Å². The first kappa shape index (κ1) is 13.3. The van der Waals surface area contributed by atoms with Crippen molar-refractivity contribution in [2.45, 2.75) is 32.2 Å². The van der Waals surface area contributed by atoms with Crippen LogP contribution in [0.4, 0.5) is 5.82 Å². The van der Waals surface area contributed by atoms with Crippen molar-refractivity contribution < 1.29 is 9.90 Å². The number of hydrogen-bond acceptors (Lipinski definition) is 5. The first-order valence-corrected chi connectivity index (χ1v) is 7.76. The second kappa shape index (κ2) is 5.36. The summed E-state index contributed by atoms with van der Waals surface area (Å²) in [5.74, 6) is 0.506. The molecule has 1 aliphatic rings. The van der Waals surface area contributed by atoms with Gasteiger partial charge in [-0.15, -0.1) is 11.3 Å². The average Bonchev–Trinajstić information content (AvgIpc) is 2.95. The van der Waals surface area contributed by atoms with Crippen molar-refractivity contribution >= 4 is 33.3 Å². The molecule has 0 amide bonds. The van der Waals surface area contributed by atoms with E-state index in [4.69, 9.17) is 0 Å². The standard InChI is InChI=1S/C14H17N3O2S/c1-2-9-3-5-17(11(7-9)14(18)19)13-12-10(4-6-20-12)15-8-16-13/h4,6,8-9,11H,2-3,5,7H2,1H3,(H,18,19). The highest BCUT2D eigenvalue weighted by Gasteiger charge is 2.34. The molecular weight excluding hydrogens is 274 g/mol. The number of aliphatic carboxylic acids is 1. The van der Waals surface area contributed by atoms with Crippen LogP contribution in [0.15, 0.2) is 17.8 Å². The number of carboxylic acid groups (broad SMARTS) is 1. The molecule has 0 bridgehead atoms. The topological polar surface area (TPSA) is 66.3 Å². The van der Waals surface area contributed by atoms with Crippen molar-refractivity contribution in [3.63, 3.8) is 0 Å². The molecule has 3 heterocycles. The third-order valence-corrected chi connectivity index (χ3v) is 4.97. The molecule has 20 heavy (non-hydrogen) atoms. The highest BCUT2D eigenvalue weighted by atomic mass is 32.1. The molecule has 0 saturated carbocycles. The van der Waals surface area contributed by atoms with Gasteiger partial charge in [0.2, 0.25) is 0 Å². The fourth-order valence-corrected chi connectivity index (χ4v) is 3.73. The number of rotatable bonds is 3. The Labute approximate surface area is 121 Å². The van der Waals surface area contributed by atoms with Crippen LogP contribution in [0, 0.1) is 5.92 Å². The molecule has 3 rings (SSSR count). The van der Waals surface area contributed by atoms with E-state index in [1.807, 2.05) is 16.3 Å². The predicted octanol–water partition coefficient (Wildman–Crippen LogP) is 2.77. The Hall–Kier alpha value is -1.69. The molecule has 2 aromatic rings. The Bertz CT molecular complexity index is 628. The summed E-state index contributed by atoms with van der Waals surface area (Å²) < 4.78 is 0.980. The average molecular weight is 291 g/mol. The van der Waals surface area contributed by atoms with E-state index in [0.717, 1.165) is 35.4 Å². The lowest BCUT2D eigenvalue weighted by Gasteiger charge is -2.37. The molecule has 1 N–H and O–H groups in total. The summed E-state index contributed by atoms with van der Waals surface area (Å²) >= 11 is 1.57. The van der Waals surface area contributed by atoms with Crippen LogP contribution in [-0.2, 0) is 4.79 Å². The third-order valence-electron chi connectivity index (χ3n) is 4.07. The summed E-state index contributed by atoms with van der Waals surface area (Å²) in [5.41, 5.74) is 0.891. The number of hydrogen-bond donors (Lipinski definition) is 1. The number of aromatic nitrogens is 2. The van der Waals surface area contributed by atoms with E-state index < -0.39 is 12.0 Å². The van der Waals surface area contributed by atoms with Crippen LogP contribution < -0.4 is 4.90 Å². The predicted molar refractivity (Wildman–Crippen MR) is 79.2 cm³/mol. The van der Waals surface area contributed by atoms with Gasteiger partial charge in [-0.1, -0.05) is 13.3 Å². The molecule has 106 valence electrons. The van der Waals surface area contributed by atoms with Gasteiger partial charge in [0, 0.05) is 6.54 Å². The highest BCUT2D eigenvalue weighted by molar-refractivity contribution is 7.17. The van der Waals surface area contributed by atoms with Crippen molar-refractivity contribution in [1.29, 1.82) is 0 Å². The Balaban J connectivity index is 1.99. The van der Waals surface area contributed by atoms with Crippen molar-refractivity contribution in [2.75, 3.05) is 11.4 Å². The third kappa shape index (κ3) is 2.24. The highest BCUT2D eigenvalue weighted by Crippen LogP contribution is 2.34. The van der Waals surface area contributed by atoms with Crippen molar-refractivity contribution in [3.05, 3.63) is 17.8 Å². The molecule has 6 heteroatoms. The maximum atomic E-state index is 11.6. The van der Waals surface area contributed by atoms with Crippen LogP contribution in [0.5, 0.6) is 0 Å². The van der Waals surface area contributed by atoms with Gasteiger partial charge in [-0.3, -0.25) is 0 Å². The number of fused-ring (bicyclic) bond motifs is 1. The zero-order valence-corrected chi connectivity index (χ0v) is 12.1. The number of carboxylic acids is 1. The molecule has 1 saturated heterocycles. The molecule has 2 aromatic heterocycles. The van der Waals surface area contributed by atoms with Crippen LogP contribution in [0.25, 0.3) is 10.2 Å². The lowest BCUT2D eigenvalue weighted by Crippen LogP contribution is -2.47. The lowest BCUT2D eigenvalue weighted by molar-refractivity contribution is -0.139. The van der Waals surface area contributed by atoms with Gasteiger partial charge < -0.3 is 10.0 Å². The largest absolute Gasteiger partial charge is 0.480 e. The number of anilines is 1. The molecule has 2 atom stereocenters. The maximum absolute atomic E-state index is 11.6. The molecular formula is C14H17N3O2S. The van der Waals surface area contributed by atoms with E-state index in [1.54, 1.807) is 11.3 Å². The van der Waals surface area contributed by atoms with E-state index >= 15 is 0 Å². The zero-order valence-electron chi connectivity index (χ0n) is 11.3. The van der Waals surface area contributed by atoms with Gasteiger partial charge in [-0.25, -0.2) is 14.8 Å². The molecule has 0 spiro atoms. The Morgan fingerprint density at radius 1 is 1.55 bits per heavy atom. The molecule has 0 aromatic carbocycles. The summed E-state index contributed by atoms with van der Waals surface area (Å²) in [6, 6.07) is 1.47. The van der Waals surface area contributed by atoms with Gasteiger partial charge in [0.25, 0.3) is 0 Å². The van der Waals surface area contributed by atoms with Gasteiger partial charge in [0.1, 0.15) is 12.4 Å². The van der Waals surface area contributed by atoms with Gasteiger partial charge >= 0.3 is 5.97 Å². The minimum absolute atomic E-state index is 0.478. The van der Waals surface area contributed by atoms with Crippen molar-refractivity contribution in [2.24, 2.45) is 5.92 Å². The van der Waals surface area contributed by atoms with E-state index in [2.05, 4.69) is 16.9 Å². The second-order valence-electron chi connectivity index (χ2n) is 5.18. The number of thiophene rings is 1. The van der Waals surface area contributed by atoms with E-state index in [1.165, 1.54) is 6.33 Å². The quantitative estimate of drug-likeness (QED) is 0.942. The van der Waals surface area contributed by atoms with Gasteiger partial charge in [-0.2, -0.15) is 0 Å². The molecule has 2 unspecified atom stereocenters. The minimum Gasteiger partial charge on any atom is -0.480 e. The molecule has 1 aliphatic heterocycles. The Kier molecular flexibility index (Phi) is 3.56. The Morgan fingerprint density at radius 3 is 3.15 bits per heavy atom. The summed E-state index contributed by atoms with van der Waals surface area (Å²) in [6.45, 7) is 2.88. The van der Waals surface area contributed by atoms with Gasteiger partial charge in [-0.05, 0) is 30.2 Å². The summed E-state index contributed by atoms with van der Waals surface area (Å²) in [4.78, 5) is 22.1. The van der Waals surface area contributed by atoms with Crippen molar-refractivity contribution in [1.82, 2.24) is 9.97 Å². The summed E-state index contributed by atoms with van der Waals surface area (Å²) in [5, 5.41) is 11.5. The summed E-state index contributed by atoms with van der Waals surface area (Å²) in [6.07, 6.45) is 4.28. The summed E-state index contributed by atoms with van der Waals surface area (Å²) in [7, 11) is 0. The van der Waals surface area contributed by atoms with Gasteiger partial charge in [0.05, 0.1) is 10.2 Å². The van der Waals surface area contributed by atoms with Crippen LogP contribution in [0.2, 0.25) is 0 Å². The normalized spacial score (nSPS) is 23.1. The fourth-order valence-electron chi connectivity index (χ4n) is 2.88. The smallest absolute Gasteiger partial charge is 0.326 e. The molecule has 5 nitrogen and oxygen atoms in total. The van der Waals surface area contributed by atoms with E-state index in [-0.39, 0.29) is 0 Å². The SMILES string of the molecule is CCC1CCN(c2ncnc3ccsc23)C(C(=O)O)C1. The Morgan fingerprint density at radius 2 is 2.40 bits per heavy atom. The molecule has 0 radical (unpaired) electrons. The van der Waals surface area contributed by atoms with E-state index in [0.29, 0.717) is 12.3 Å². The monoisotopic (exact) mass is 291 g/mol. The van der Waals surface area contributed by atoms with Crippen molar-refractivity contribution in [3.8, 4) is 0 Å². The number of carbonyl (C=O) groups is 1. The minimum atomic E-state index is -0.758. The molecule has 0 aliphatic carbocycles.